The van der Waals surface area contributed by atoms with E-state index in [0.29, 0.717) is 0 Å². The number of fused-ring (bicyclic) bond motifs is 1. The number of hydrogen-bond donors (Lipinski definition) is 0. The Hall–Kier alpha value is -1.38. The third-order valence-electron chi connectivity index (χ3n) is 1.92. The second kappa shape index (κ2) is 2.05. The van der Waals surface area contributed by atoms with Gasteiger partial charge in [0, 0.05) is 12.4 Å². The summed E-state index contributed by atoms with van der Waals surface area (Å²) in [6, 6.07) is 0. The summed E-state index contributed by atoms with van der Waals surface area (Å²) in [5.41, 5.74) is 3.36. The summed E-state index contributed by atoms with van der Waals surface area (Å²) in [5, 5.41) is 4.29. The van der Waals surface area contributed by atoms with Gasteiger partial charge in [0.1, 0.15) is 0 Å². The largest absolute Gasteiger partial charge is 0.261 e. The minimum atomic E-state index is 1.07. The standard InChI is InChI=1S/C8H9N3/c1-6-7(2)10-11-4-3-9-5-8(6)11/h3-5H,1-2H3. The SMILES string of the molecule is Cc1nn2ccncc2c1C. The van der Waals surface area contributed by atoms with Crippen molar-refractivity contribution in [3.63, 3.8) is 0 Å². The van der Waals surface area contributed by atoms with Crippen LogP contribution in [0.3, 0.4) is 0 Å². The van der Waals surface area contributed by atoms with Crippen molar-refractivity contribution in [1.82, 2.24) is 14.6 Å². The predicted molar refractivity (Wildman–Crippen MR) is 42.5 cm³/mol. The fourth-order valence-electron chi connectivity index (χ4n) is 1.13. The number of rotatable bonds is 0. The van der Waals surface area contributed by atoms with Crippen molar-refractivity contribution in [3.8, 4) is 0 Å². The summed E-state index contributed by atoms with van der Waals surface area (Å²) in [5.74, 6) is 0. The fraction of sp³-hybridized carbons (Fsp3) is 0.250. The highest BCUT2D eigenvalue weighted by atomic mass is 15.2. The molecule has 0 atom stereocenters. The Bertz CT molecular complexity index is 389. The molecule has 0 aliphatic carbocycles. The smallest absolute Gasteiger partial charge is 0.0876 e. The average molecular weight is 147 g/mol. The topological polar surface area (TPSA) is 30.2 Å². The van der Waals surface area contributed by atoms with Gasteiger partial charge in [-0.1, -0.05) is 0 Å². The van der Waals surface area contributed by atoms with Gasteiger partial charge in [0.05, 0.1) is 17.4 Å². The molecule has 0 fully saturated rings. The molecule has 2 rings (SSSR count). The van der Waals surface area contributed by atoms with Crippen LogP contribution in [0.1, 0.15) is 11.3 Å². The summed E-state index contributed by atoms with van der Waals surface area (Å²) >= 11 is 0. The molecule has 2 aromatic rings. The van der Waals surface area contributed by atoms with Crippen LogP contribution in [-0.2, 0) is 0 Å². The minimum absolute atomic E-state index is 1.07. The maximum absolute atomic E-state index is 4.29. The molecule has 0 bridgehead atoms. The van der Waals surface area contributed by atoms with Gasteiger partial charge in [-0.2, -0.15) is 5.10 Å². The number of hydrogen-bond acceptors (Lipinski definition) is 2. The van der Waals surface area contributed by atoms with Crippen LogP contribution in [-0.4, -0.2) is 14.6 Å². The van der Waals surface area contributed by atoms with Crippen molar-refractivity contribution in [3.05, 3.63) is 29.8 Å². The Morgan fingerprint density at radius 1 is 1.36 bits per heavy atom. The lowest BCUT2D eigenvalue weighted by atomic mass is 10.2. The molecule has 0 amide bonds. The maximum Gasteiger partial charge on any atom is 0.0876 e. The molecule has 0 spiro atoms. The van der Waals surface area contributed by atoms with Crippen LogP contribution in [0.25, 0.3) is 5.52 Å². The van der Waals surface area contributed by atoms with E-state index < -0.39 is 0 Å². The van der Waals surface area contributed by atoms with Gasteiger partial charge >= 0.3 is 0 Å². The zero-order valence-corrected chi connectivity index (χ0v) is 6.57. The molecule has 0 aromatic carbocycles. The molecule has 0 saturated heterocycles. The van der Waals surface area contributed by atoms with Crippen molar-refractivity contribution < 1.29 is 0 Å². The van der Waals surface area contributed by atoms with Gasteiger partial charge < -0.3 is 0 Å². The molecule has 0 saturated carbocycles. The molecular weight excluding hydrogens is 138 g/mol. The first-order chi connectivity index (χ1) is 5.29. The summed E-state index contributed by atoms with van der Waals surface area (Å²) in [7, 11) is 0. The third-order valence-corrected chi connectivity index (χ3v) is 1.92. The highest BCUT2D eigenvalue weighted by Crippen LogP contribution is 2.10. The average Bonchev–Trinajstić information content (AvgIpc) is 2.30. The van der Waals surface area contributed by atoms with Crippen LogP contribution in [0.15, 0.2) is 18.6 Å². The van der Waals surface area contributed by atoms with Gasteiger partial charge in [0.15, 0.2) is 0 Å². The van der Waals surface area contributed by atoms with E-state index in [9.17, 15) is 0 Å². The zero-order chi connectivity index (χ0) is 7.84. The first kappa shape index (κ1) is 6.34. The monoisotopic (exact) mass is 147 g/mol. The molecule has 0 radical (unpaired) electrons. The summed E-state index contributed by atoms with van der Waals surface area (Å²) in [4.78, 5) is 4.03. The summed E-state index contributed by atoms with van der Waals surface area (Å²) < 4.78 is 1.84. The van der Waals surface area contributed by atoms with Gasteiger partial charge in [-0.05, 0) is 19.4 Å². The highest BCUT2D eigenvalue weighted by Gasteiger charge is 2.01. The van der Waals surface area contributed by atoms with Crippen molar-refractivity contribution in [2.24, 2.45) is 0 Å². The third kappa shape index (κ3) is 0.808. The quantitative estimate of drug-likeness (QED) is 0.563. The van der Waals surface area contributed by atoms with E-state index in [0.717, 1.165) is 11.2 Å². The Morgan fingerprint density at radius 3 is 2.91 bits per heavy atom. The number of aryl methyl sites for hydroxylation is 2. The molecule has 56 valence electrons. The zero-order valence-electron chi connectivity index (χ0n) is 6.57. The molecule has 3 heteroatoms. The second-order valence-corrected chi connectivity index (χ2v) is 2.62. The van der Waals surface area contributed by atoms with E-state index in [-0.39, 0.29) is 0 Å². The van der Waals surface area contributed by atoms with Crippen LogP contribution in [0.2, 0.25) is 0 Å². The molecule has 0 unspecified atom stereocenters. The Kier molecular flexibility index (Phi) is 1.18. The Labute approximate surface area is 64.7 Å². The normalized spacial score (nSPS) is 10.7. The molecule has 11 heavy (non-hydrogen) atoms. The van der Waals surface area contributed by atoms with E-state index in [1.54, 1.807) is 6.20 Å². The first-order valence-corrected chi connectivity index (χ1v) is 3.54. The fourth-order valence-corrected chi connectivity index (χ4v) is 1.13. The summed E-state index contributed by atoms with van der Waals surface area (Å²) in [6.45, 7) is 4.06. The van der Waals surface area contributed by atoms with Crippen molar-refractivity contribution in [2.45, 2.75) is 13.8 Å². The van der Waals surface area contributed by atoms with E-state index in [2.05, 4.69) is 17.0 Å². The first-order valence-electron chi connectivity index (χ1n) is 3.54. The van der Waals surface area contributed by atoms with E-state index in [1.807, 2.05) is 23.8 Å². The van der Waals surface area contributed by atoms with Gasteiger partial charge in [0.25, 0.3) is 0 Å². The van der Waals surface area contributed by atoms with Crippen LogP contribution < -0.4 is 0 Å². The van der Waals surface area contributed by atoms with Gasteiger partial charge in [-0.15, -0.1) is 0 Å². The molecule has 2 aromatic heterocycles. The van der Waals surface area contributed by atoms with Gasteiger partial charge in [-0.3, -0.25) is 4.98 Å². The second-order valence-electron chi connectivity index (χ2n) is 2.62. The predicted octanol–water partition coefficient (Wildman–Crippen LogP) is 1.35. The summed E-state index contributed by atoms with van der Waals surface area (Å²) in [6.07, 6.45) is 5.42. The van der Waals surface area contributed by atoms with Crippen LogP contribution in [0.5, 0.6) is 0 Å². The lowest BCUT2D eigenvalue weighted by Crippen LogP contribution is -1.85. The Balaban J connectivity index is 2.92. The van der Waals surface area contributed by atoms with Crippen LogP contribution in [0, 0.1) is 13.8 Å². The minimum Gasteiger partial charge on any atom is -0.261 e. The van der Waals surface area contributed by atoms with Crippen molar-refractivity contribution in [2.75, 3.05) is 0 Å². The molecular formula is C8H9N3. The van der Waals surface area contributed by atoms with Crippen LogP contribution >= 0.6 is 0 Å². The lowest BCUT2D eigenvalue weighted by Gasteiger charge is -1.88. The highest BCUT2D eigenvalue weighted by molar-refractivity contribution is 5.53. The molecule has 2 heterocycles. The van der Waals surface area contributed by atoms with Crippen molar-refractivity contribution in [1.29, 1.82) is 0 Å². The van der Waals surface area contributed by atoms with Gasteiger partial charge in [-0.25, -0.2) is 4.52 Å². The molecule has 0 aliphatic heterocycles. The molecule has 3 nitrogen and oxygen atoms in total. The number of aromatic nitrogens is 3. The molecule has 0 N–H and O–H groups in total. The van der Waals surface area contributed by atoms with Crippen molar-refractivity contribution >= 4 is 5.52 Å². The lowest BCUT2D eigenvalue weighted by molar-refractivity contribution is 0.922. The van der Waals surface area contributed by atoms with E-state index in [4.69, 9.17) is 0 Å². The van der Waals surface area contributed by atoms with E-state index >= 15 is 0 Å². The molecule has 0 aliphatic rings. The Morgan fingerprint density at radius 2 is 2.18 bits per heavy atom. The maximum atomic E-state index is 4.29. The number of nitrogens with zero attached hydrogens (tertiary/aromatic N) is 3. The van der Waals surface area contributed by atoms with E-state index in [1.165, 1.54) is 5.56 Å². The van der Waals surface area contributed by atoms with Crippen LogP contribution in [0.4, 0.5) is 0 Å². The van der Waals surface area contributed by atoms with Gasteiger partial charge in [0.2, 0.25) is 0 Å².